The Morgan fingerprint density at radius 3 is 2.56 bits per heavy atom. The molecule has 4 N–H and O–H groups in total. The number of hydrogen-bond acceptors (Lipinski definition) is 3. The SMILES string of the molecule is CCC(CN)C(=O)NCC1(O)CCCCC1. The van der Waals surface area contributed by atoms with Gasteiger partial charge >= 0.3 is 0 Å². The second-order valence-corrected chi connectivity index (χ2v) is 4.84. The summed E-state index contributed by atoms with van der Waals surface area (Å²) in [6.45, 7) is 2.70. The molecule has 94 valence electrons. The van der Waals surface area contributed by atoms with Gasteiger partial charge in [-0.05, 0) is 19.3 Å². The van der Waals surface area contributed by atoms with E-state index >= 15 is 0 Å². The second-order valence-electron chi connectivity index (χ2n) is 4.84. The number of amides is 1. The number of aliphatic hydroxyl groups is 1. The predicted molar refractivity (Wildman–Crippen MR) is 63.9 cm³/mol. The lowest BCUT2D eigenvalue weighted by atomic mass is 9.85. The van der Waals surface area contributed by atoms with Crippen LogP contribution in [0.2, 0.25) is 0 Å². The van der Waals surface area contributed by atoms with E-state index in [1.807, 2.05) is 6.92 Å². The first-order valence-corrected chi connectivity index (χ1v) is 6.31. The van der Waals surface area contributed by atoms with E-state index in [0.29, 0.717) is 13.1 Å². The molecule has 1 fully saturated rings. The third kappa shape index (κ3) is 3.76. The van der Waals surface area contributed by atoms with Crippen molar-refractivity contribution in [2.24, 2.45) is 11.7 Å². The highest BCUT2D eigenvalue weighted by atomic mass is 16.3. The summed E-state index contributed by atoms with van der Waals surface area (Å²) in [6, 6.07) is 0. The van der Waals surface area contributed by atoms with Gasteiger partial charge in [-0.15, -0.1) is 0 Å². The van der Waals surface area contributed by atoms with E-state index < -0.39 is 5.60 Å². The van der Waals surface area contributed by atoms with E-state index in [1.165, 1.54) is 6.42 Å². The van der Waals surface area contributed by atoms with Crippen LogP contribution >= 0.6 is 0 Å². The van der Waals surface area contributed by atoms with Crippen molar-refractivity contribution < 1.29 is 9.90 Å². The van der Waals surface area contributed by atoms with Gasteiger partial charge in [0.25, 0.3) is 0 Å². The Morgan fingerprint density at radius 2 is 2.06 bits per heavy atom. The highest BCUT2D eigenvalue weighted by Crippen LogP contribution is 2.27. The first kappa shape index (κ1) is 13.5. The standard InChI is InChI=1S/C12H24N2O2/c1-2-10(8-13)11(15)14-9-12(16)6-4-3-5-7-12/h10,16H,2-9,13H2,1H3,(H,14,15). The Balaban J connectivity index is 2.35. The van der Waals surface area contributed by atoms with Crippen LogP contribution in [0.1, 0.15) is 45.4 Å². The Bertz CT molecular complexity index is 221. The topological polar surface area (TPSA) is 75.4 Å². The molecule has 0 aromatic rings. The largest absolute Gasteiger partial charge is 0.388 e. The quantitative estimate of drug-likeness (QED) is 0.651. The summed E-state index contributed by atoms with van der Waals surface area (Å²) in [4.78, 5) is 11.7. The molecule has 0 bridgehead atoms. The molecule has 0 radical (unpaired) electrons. The molecule has 0 saturated heterocycles. The molecule has 1 unspecified atom stereocenters. The van der Waals surface area contributed by atoms with Crippen molar-refractivity contribution in [1.29, 1.82) is 0 Å². The molecular weight excluding hydrogens is 204 g/mol. The van der Waals surface area contributed by atoms with Gasteiger partial charge in [-0.2, -0.15) is 0 Å². The normalized spacial score (nSPS) is 21.4. The van der Waals surface area contributed by atoms with Gasteiger partial charge in [0.05, 0.1) is 5.60 Å². The maximum Gasteiger partial charge on any atom is 0.224 e. The zero-order valence-electron chi connectivity index (χ0n) is 10.2. The molecule has 1 saturated carbocycles. The van der Waals surface area contributed by atoms with E-state index in [9.17, 15) is 9.90 Å². The van der Waals surface area contributed by atoms with E-state index in [-0.39, 0.29) is 11.8 Å². The van der Waals surface area contributed by atoms with Crippen molar-refractivity contribution in [3.8, 4) is 0 Å². The van der Waals surface area contributed by atoms with E-state index in [0.717, 1.165) is 32.1 Å². The van der Waals surface area contributed by atoms with E-state index in [2.05, 4.69) is 5.32 Å². The molecule has 1 amide bonds. The zero-order valence-corrected chi connectivity index (χ0v) is 10.2. The Labute approximate surface area is 97.6 Å². The van der Waals surface area contributed by atoms with Gasteiger partial charge in [-0.3, -0.25) is 4.79 Å². The van der Waals surface area contributed by atoms with Crippen LogP contribution in [0.3, 0.4) is 0 Å². The molecule has 16 heavy (non-hydrogen) atoms. The summed E-state index contributed by atoms with van der Waals surface area (Å²) < 4.78 is 0. The second kappa shape index (κ2) is 6.21. The highest BCUT2D eigenvalue weighted by Gasteiger charge is 2.30. The minimum Gasteiger partial charge on any atom is -0.388 e. The van der Waals surface area contributed by atoms with Gasteiger partial charge in [0.15, 0.2) is 0 Å². The van der Waals surface area contributed by atoms with Crippen LogP contribution in [0.15, 0.2) is 0 Å². The van der Waals surface area contributed by atoms with Crippen LogP contribution < -0.4 is 11.1 Å². The maximum absolute atomic E-state index is 11.7. The molecule has 1 aliphatic rings. The minimum atomic E-state index is -0.680. The van der Waals surface area contributed by atoms with Gasteiger partial charge in [-0.25, -0.2) is 0 Å². The molecule has 1 atom stereocenters. The number of rotatable bonds is 5. The van der Waals surface area contributed by atoms with Gasteiger partial charge in [0.2, 0.25) is 5.91 Å². The monoisotopic (exact) mass is 228 g/mol. The Morgan fingerprint density at radius 1 is 1.44 bits per heavy atom. The summed E-state index contributed by atoms with van der Waals surface area (Å²) in [6.07, 6.45) is 5.65. The summed E-state index contributed by atoms with van der Waals surface area (Å²) in [5, 5.41) is 13.0. The van der Waals surface area contributed by atoms with Crippen molar-refractivity contribution in [1.82, 2.24) is 5.32 Å². The third-order valence-corrected chi connectivity index (χ3v) is 3.52. The molecule has 0 aromatic heterocycles. The number of hydrogen-bond donors (Lipinski definition) is 3. The number of carbonyl (C=O) groups excluding carboxylic acids is 1. The average molecular weight is 228 g/mol. The van der Waals surface area contributed by atoms with Gasteiger partial charge < -0.3 is 16.2 Å². The summed E-state index contributed by atoms with van der Waals surface area (Å²) in [5.41, 5.74) is 4.82. The van der Waals surface area contributed by atoms with Crippen molar-refractivity contribution in [3.63, 3.8) is 0 Å². The average Bonchev–Trinajstić information content (AvgIpc) is 2.29. The molecule has 0 spiro atoms. The first-order valence-electron chi connectivity index (χ1n) is 6.31. The predicted octanol–water partition coefficient (Wildman–Crippen LogP) is 0.783. The Hall–Kier alpha value is -0.610. The van der Waals surface area contributed by atoms with Gasteiger partial charge in [0.1, 0.15) is 0 Å². The minimum absolute atomic E-state index is 0.0241. The fourth-order valence-electron chi connectivity index (χ4n) is 2.24. The smallest absolute Gasteiger partial charge is 0.224 e. The van der Waals surface area contributed by atoms with Crippen LogP contribution in [-0.2, 0) is 4.79 Å². The molecule has 4 heteroatoms. The van der Waals surface area contributed by atoms with Crippen LogP contribution in [0.25, 0.3) is 0 Å². The van der Waals surface area contributed by atoms with Crippen molar-refractivity contribution in [2.45, 2.75) is 51.0 Å². The summed E-state index contributed by atoms with van der Waals surface area (Å²) in [5.74, 6) is -0.142. The lowest BCUT2D eigenvalue weighted by Gasteiger charge is -2.32. The molecular formula is C12H24N2O2. The molecule has 0 aromatic carbocycles. The van der Waals surface area contributed by atoms with Crippen molar-refractivity contribution in [3.05, 3.63) is 0 Å². The third-order valence-electron chi connectivity index (χ3n) is 3.52. The van der Waals surface area contributed by atoms with Crippen LogP contribution in [0.5, 0.6) is 0 Å². The van der Waals surface area contributed by atoms with Gasteiger partial charge in [-0.1, -0.05) is 26.2 Å². The van der Waals surface area contributed by atoms with Crippen LogP contribution in [0, 0.1) is 5.92 Å². The van der Waals surface area contributed by atoms with Crippen LogP contribution in [-0.4, -0.2) is 29.7 Å². The Kier molecular flexibility index (Phi) is 5.22. The summed E-state index contributed by atoms with van der Waals surface area (Å²) in [7, 11) is 0. The zero-order chi connectivity index (χ0) is 12.0. The van der Waals surface area contributed by atoms with Crippen molar-refractivity contribution >= 4 is 5.91 Å². The fraction of sp³-hybridized carbons (Fsp3) is 0.917. The van der Waals surface area contributed by atoms with Crippen molar-refractivity contribution in [2.75, 3.05) is 13.1 Å². The lowest BCUT2D eigenvalue weighted by Crippen LogP contribution is -2.46. The molecule has 1 aliphatic carbocycles. The highest BCUT2D eigenvalue weighted by molar-refractivity contribution is 5.78. The fourth-order valence-corrected chi connectivity index (χ4v) is 2.24. The lowest BCUT2D eigenvalue weighted by molar-refractivity contribution is -0.126. The molecule has 4 nitrogen and oxygen atoms in total. The van der Waals surface area contributed by atoms with Crippen LogP contribution in [0.4, 0.5) is 0 Å². The van der Waals surface area contributed by atoms with E-state index in [1.54, 1.807) is 0 Å². The van der Waals surface area contributed by atoms with Gasteiger partial charge in [0, 0.05) is 19.0 Å². The molecule has 0 aliphatic heterocycles. The number of nitrogens with two attached hydrogens (primary N) is 1. The van der Waals surface area contributed by atoms with E-state index in [4.69, 9.17) is 5.73 Å². The molecule has 0 heterocycles. The number of nitrogens with one attached hydrogen (secondary N) is 1. The summed E-state index contributed by atoms with van der Waals surface area (Å²) >= 11 is 0. The maximum atomic E-state index is 11.7. The number of carbonyl (C=O) groups is 1. The molecule has 1 rings (SSSR count). The first-order chi connectivity index (χ1) is 7.61.